The van der Waals surface area contributed by atoms with Gasteiger partial charge in [0.05, 0.1) is 0 Å². The maximum atomic E-state index is 14.2. The molecule has 3 aliphatic rings. The number of aryl methyl sites for hydroxylation is 1. The highest BCUT2D eigenvalue weighted by Crippen LogP contribution is 2.56. The molecular weight excluding hydrogens is 409 g/mol. The molecule has 1 N–H and O–H groups in total. The second kappa shape index (κ2) is 6.22. The summed E-state index contributed by atoms with van der Waals surface area (Å²) in [5.74, 6) is -1.12. The van der Waals surface area contributed by atoms with E-state index in [0.29, 0.717) is 6.42 Å². The van der Waals surface area contributed by atoms with Crippen molar-refractivity contribution in [3.8, 4) is 5.75 Å². The van der Waals surface area contributed by atoms with Gasteiger partial charge in [-0.1, -0.05) is 29.8 Å². The molecule has 0 spiro atoms. The second-order valence-corrected chi connectivity index (χ2v) is 9.10. The van der Waals surface area contributed by atoms with E-state index in [1.54, 1.807) is 24.0 Å². The molecule has 2 unspecified atom stereocenters. The van der Waals surface area contributed by atoms with Gasteiger partial charge in [0, 0.05) is 25.2 Å². The number of halogens is 1. The van der Waals surface area contributed by atoms with Crippen molar-refractivity contribution in [3.63, 3.8) is 0 Å². The third-order valence-corrected chi connectivity index (χ3v) is 7.29. The van der Waals surface area contributed by atoms with Crippen LogP contribution < -0.4 is 10.4 Å². The minimum atomic E-state index is -0.655. The van der Waals surface area contributed by atoms with E-state index >= 15 is 0 Å². The van der Waals surface area contributed by atoms with Crippen molar-refractivity contribution in [1.82, 2.24) is 9.58 Å². The highest BCUT2D eigenvalue weighted by atomic mass is 19.1. The van der Waals surface area contributed by atoms with Gasteiger partial charge in [-0.15, -0.1) is 0 Å². The molecule has 0 saturated carbocycles. The Kier molecular flexibility index (Phi) is 3.71. The molecule has 0 radical (unpaired) electrons. The summed E-state index contributed by atoms with van der Waals surface area (Å²) in [5, 5.41) is 12.6. The Hall–Kier alpha value is -3.61. The molecule has 0 bridgehead atoms. The smallest absolute Gasteiger partial charge is 0.277 e. The van der Waals surface area contributed by atoms with Crippen LogP contribution in [0.2, 0.25) is 0 Å². The van der Waals surface area contributed by atoms with Gasteiger partial charge in [-0.3, -0.25) is 19.3 Å². The summed E-state index contributed by atoms with van der Waals surface area (Å²) in [4.78, 5) is 26.6. The van der Waals surface area contributed by atoms with Crippen LogP contribution in [0.15, 0.2) is 53.5 Å². The number of aromatic nitrogens is 1. The predicted molar refractivity (Wildman–Crippen MR) is 117 cm³/mol. The molecule has 6 rings (SSSR count). The van der Waals surface area contributed by atoms with Gasteiger partial charge in [0.2, 0.25) is 5.43 Å². The van der Waals surface area contributed by atoms with Crippen LogP contribution in [0.1, 0.15) is 38.3 Å². The van der Waals surface area contributed by atoms with Gasteiger partial charge >= 0.3 is 0 Å². The van der Waals surface area contributed by atoms with Crippen molar-refractivity contribution >= 4 is 5.91 Å². The van der Waals surface area contributed by atoms with Crippen LogP contribution in [0.5, 0.6) is 5.75 Å². The van der Waals surface area contributed by atoms with Crippen LogP contribution in [0, 0.1) is 18.7 Å². The summed E-state index contributed by atoms with van der Waals surface area (Å²) >= 11 is 0. The van der Waals surface area contributed by atoms with Gasteiger partial charge in [0.15, 0.2) is 11.4 Å². The predicted octanol–water partition coefficient (Wildman–Crippen LogP) is 2.65. The topological polar surface area (TPSA) is 65.8 Å². The van der Waals surface area contributed by atoms with E-state index in [0.717, 1.165) is 23.1 Å². The molecule has 1 aliphatic heterocycles. The largest absolute Gasteiger partial charge is 0.502 e. The zero-order chi connectivity index (χ0) is 22.4. The summed E-state index contributed by atoms with van der Waals surface area (Å²) in [6, 6.07) is 12.6. The van der Waals surface area contributed by atoms with Crippen molar-refractivity contribution in [2.45, 2.75) is 25.3 Å². The normalized spacial score (nSPS) is 23.1. The van der Waals surface area contributed by atoms with Crippen molar-refractivity contribution in [2.75, 3.05) is 18.7 Å². The zero-order valence-electron chi connectivity index (χ0n) is 17.8. The lowest BCUT2D eigenvalue weighted by molar-refractivity contribution is 0.0697. The Morgan fingerprint density at radius 1 is 1.03 bits per heavy atom. The van der Waals surface area contributed by atoms with E-state index in [1.807, 2.05) is 6.07 Å². The monoisotopic (exact) mass is 431 g/mol. The van der Waals surface area contributed by atoms with Crippen LogP contribution in [0.3, 0.4) is 0 Å². The van der Waals surface area contributed by atoms with Gasteiger partial charge in [-0.25, -0.2) is 4.39 Å². The zero-order valence-corrected chi connectivity index (χ0v) is 17.8. The quantitative estimate of drug-likeness (QED) is 0.644. The fourth-order valence-corrected chi connectivity index (χ4v) is 6.05. The summed E-state index contributed by atoms with van der Waals surface area (Å²) in [7, 11) is 1.66. The molecule has 3 aromatic rings. The molecule has 2 aromatic carbocycles. The van der Waals surface area contributed by atoms with Gasteiger partial charge < -0.3 is 10.0 Å². The molecule has 2 atom stereocenters. The Bertz CT molecular complexity index is 1320. The maximum absolute atomic E-state index is 14.2. The third kappa shape index (κ3) is 2.23. The number of carbonyl (C=O) groups excluding carboxylic acids is 1. The maximum Gasteiger partial charge on any atom is 0.277 e. The fourth-order valence-electron chi connectivity index (χ4n) is 6.05. The van der Waals surface area contributed by atoms with Crippen LogP contribution in [0.25, 0.3) is 0 Å². The lowest BCUT2D eigenvalue weighted by Gasteiger charge is -2.50. The summed E-state index contributed by atoms with van der Waals surface area (Å²) in [6.45, 7) is 2.32. The van der Waals surface area contributed by atoms with Crippen molar-refractivity contribution < 1.29 is 14.3 Å². The first-order valence-corrected chi connectivity index (χ1v) is 10.7. The number of amides is 1. The number of pyridine rings is 1. The lowest BCUT2D eigenvalue weighted by Crippen LogP contribution is -2.62. The molecule has 6 nitrogen and oxygen atoms in total. The standard InChI is InChI=1S/C25H22FN3O3/c1-14-3-5-19-15(9-14)10-17-11-16-12-18(26)4-6-20(16)25(17,19)29-13-27(2)24(32)22-23(31)21(30)7-8-28(22)29/h3-9,12,17,31H,10-11,13H2,1-2H3. The number of benzene rings is 2. The van der Waals surface area contributed by atoms with Gasteiger partial charge in [0.1, 0.15) is 18.0 Å². The van der Waals surface area contributed by atoms with Crippen molar-refractivity contribution in [2.24, 2.45) is 5.92 Å². The molecule has 2 aliphatic carbocycles. The van der Waals surface area contributed by atoms with Gasteiger partial charge in [0.25, 0.3) is 5.91 Å². The summed E-state index contributed by atoms with van der Waals surface area (Å²) in [6.07, 6.45) is 3.08. The average Bonchev–Trinajstić information content (AvgIpc) is 3.22. The molecule has 7 heteroatoms. The van der Waals surface area contributed by atoms with Crippen LogP contribution in [-0.4, -0.2) is 34.3 Å². The van der Waals surface area contributed by atoms with E-state index in [-0.39, 0.29) is 24.1 Å². The molecule has 0 fully saturated rings. The summed E-state index contributed by atoms with van der Waals surface area (Å²) < 4.78 is 15.8. The number of aromatic hydroxyl groups is 1. The minimum absolute atomic E-state index is 0.0458. The molecule has 1 amide bonds. The van der Waals surface area contributed by atoms with Crippen LogP contribution >= 0.6 is 0 Å². The highest BCUT2D eigenvalue weighted by Gasteiger charge is 2.58. The van der Waals surface area contributed by atoms with Crippen molar-refractivity contribution in [3.05, 3.63) is 98.2 Å². The Morgan fingerprint density at radius 3 is 2.47 bits per heavy atom. The molecule has 0 saturated heterocycles. The molecular formula is C25H22FN3O3. The first-order chi connectivity index (χ1) is 15.3. The average molecular weight is 431 g/mol. The SMILES string of the molecule is Cc1ccc2c(c1)CC1Cc3cc(F)ccc3C21N1CN(C)C(=O)c2c(O)c(=O)ccn21. The van der Waals surface area contributed by atoms with Gasteiger partial charge in [-0.2, -0.15) is 0 Å². The van der Waals surface area contributed by atoms with Crippen LogP contribution in [-0.2, 0) is 18.4 Å². The Morgan fingerprint density at radius 2 is 1.72 bits per heavy atom. The van der Waals surface area contributed by atoms with E-state index in [1.165, 1.54) is 28.2 Å². The third-order valence-electron chi connectivity index (χ3n) is 7.29. The Balaban J connectivity index is 1.70. The van der Waals surface area contributed by atoms with Crippen molar-refractivity contribution in [1.29, 1.82) is 0 Å². The Labute approximate surface area is 184 Å². The first kappa shape index (κ1) is 19.1. The first-order valence-electron chi connectivity index (χ1n) is 10.7. The lowest BCUT2D eigenvalue weighted by atomic mass is 9.81. The minimum Gasteiger partial charge on any atom is -0.502 e. The van der Waals surface area contributed by atoms with Crippen LogP contribution in [0.4, 0.5) is 4.39 Å². The number of hydrogen-bond donors (Lipinski definition) is 1. The summed E-state index contributed by atoms with van der Waals surface area (Å²) in [5.41, 5.74) is 4.18. The molecule has 2 heterocycles. The van der Waals surface area contributed by atoms with Gasteiger partial charge in [-0.05, 0) is 54.2 Å². The fraction of sp³-hybridized carbons (Fsp3) is 0.280. The number of nitrogens with zero attached hydrogens (tertiary/aromatic N) is 3. The second-order valence-electron chi connectivity index (χ2n) is 9.10. The molecule has 162 valence electrons. The number of hydrogen-bond acceptors (Lipinski definition) is 4. The van der Waals surface area contributed by atoms with E-state index in [2.05, 4.69) is 30.1 Å². The van der Waals surface area contributed by atoms with E-state index in [4.69, 9.17) is 0 Å². The number of rotatable bonds is 1. The molecule has 1 aromatic heterocycles. The molecule has 32 heavy (non-hydrogen) atoms. The number of fused-ring (bicyclic) bond motifs is 6. The number of carbonyl (C=O) groups is 1. The highest BCUT2D eigenvalue weighted by molar-refractivity contribution is 5.96. The van der Waals surface area contributed by atoms with E-state index in [9.17, 15) is 19.1 Å². The van der Waals surface area contributed by atoms with E-state index < -0.39 is 22.6 Å².